The lowest BCUT2D eigenvalue weighted by atomic mass is 10.1. The van der Waals surface area contributed by atoms with Crippen LogP contribution in [0.5, 0.6) is 5.75 Å². The Labute approximate surface area is 242 Å². The summed E-state index contributed by atoms with van der Waals surface area (Å²) < 4.78 is 11.9. The minimum atomic E-state index is -1.20. The Morgan fingerprint density at radius 1 is 1.18 bits per heavy atom. The van der Waals surface area contributed by atoms with Crippen LogP contribution in [0.1, 0.15) is 39.9 Å². The van der Waals surface area contributed by atoms with Crippen molar-refractivity contribution in [2.45, 2.75) is 51.6 Å². The second kappa shape index (κ2) is 13.3. The third kappa shape index (κ3) is 8.08. The first-order chi connectivity index (χ1) is 19.1. The van der Waals surface area contributed by atoms with Gasteiger partial charge in [-0.3, -0.25) is 9.78 Å². The molecule has 1 aromatic carbocycles. The highest BCUT2D eigenvalue weighted by Gasteiger charge is 2.27. The molecule has 3 heterocycles. The average molecular weight is 581 g/mol. The van der Waals surface area contributed by atoms with Gasteiger partial charge in [-0.15, -0.1) is 11.3 Å². The topological polar surface area (TPSA) is 84.0 Å². The van der Waals surface area contributed by atoms with Crippen LogP contribution in [0.3, 0.4) is 0 Å². The van der Waals surface area contributed by atoms with Gasteiger partial charge in [0.25, 0.3) is 5.91 Å². The van der Waals surface area contributed by atoms with Crippen LogP contribution in [0, 0.1) is 6.92 Å². The normalized spacial score (nSPS) is 14.4. The molecule has 0 spiro atoms. The highest BCUT2D eigenvalue weighted by Crippen LogP contribution is 2.33. The molecule has 0 radical (unpaired) electrons. The van der Waals surface area contributed by atoms with E-state index in [9.17, 15) is 9.59 Å². The number of anilines is 2. The Morgan fingerprint density at radius 2 is 2.00 bits per heavy atom. The van der Waals surface area contributed by atoms with Gasteiger partial charge in [-0.05, 0) is 55.5 Å². The van der Waals surface area contributed by atoms with Crippen molar-refractivity contribution in [2.75, 3.05) is 43.1 Å². The number of rotatable bonds is 11. The fourth-order valence-electron chi connectivity index (χ4n) is 4.54. The van der Waals surface area contributed by atoms with Gasteiger partial charge in [-0.1, -0.05) is 31.8 Å². The van der Waals surface area contributed by atoms with Gasteiger partial charge in [0.2, 0.25) is 0 Å². The number of amides is 2. The highest BCUT2D eigenvalue weighted by molar-refractivity contribution is 7.10. The fraction of sp³-hybridized carbons (Fsp3) is 0.433. The summed E-state index contributed by atoms with van der Waals surface area (Å²) in [4.78, 5) is 35.0. The number of nitrogens with one attached hydrogen (secondary N) is 1. The van der Waals surface area contributed by atoms with Crippen LogP contribution in [0.4, 0.5) is 16.2 Å². The second-order valence-corrected chi connectivity index (χ2v) is 18.0. The molecule has 1 N–H and O–H groups in total. The van der Waals surface area contributed by atoms with E-state index in [2.05, 4.69) is 40.9 Å². The van der Waals surface area contributed by atoms with Crippen molar-refractivity contribution in [1.29, 1.82) is 0 Å². The third-order valence-corrected chi connectivity index (χ3v) is 9.54. The van der Waals surface area contributed by atoms with Gasteiger partial charge < -0.3 is 24.6 Å². The minimum Gasteiger partial charge on any atom is -0.485 e. The number of hydrogen-bond donors (Lipinski definition) is 1. The van der Waals surface area contributed by atoms with Crippen molar-refractivity contribution >= 4 is 42.8 Å². The van der Waals surface area contributed by atoms with Crippen LogP contribution in [0.2, 0.25) is 25.7 Å². The van der Waals surface area contributed by atoms with E-state index in [1.54, 1.807) is 22.4 Å². The summed E-state index contributed by atoms with van der Waals surface area (Å²) in [5.41, 5.74) is 3.16. The first-order valence-corrected chi connectivity index (χ1v) is 18.4. The maximum absolute atomic E-state index is 13.5. The van der Waals surface area contributed by atoms with Crippen LogP contribution in [-0.4, -0.2) is 58.3 Å². The van der Waals surface area contributed by atoms with Crippen LogP contribution < -0.4 is 19.9 Å². The summed E-state index contributed by atoms with van der Waals surface area (Å²) in [6, 6.07) is 14.7. The smallest absolute Gasteiger partial charge is 0.407 e. The van der Waals surface area contributed by atoms with Crippen molar-refractivity contribution in [3.8, 4) is 5.75 Å². The standard InChI is InChI=1S/C30H40N4O4SSi/c1-22-19-26-25(21-32-22)29(35)34(15-14-33(26)2)23-9-6-10-24(20-23)38-27(28-12-8-17-39-28)11-7-16-37-30(36)31-13-18-40(3,4)5/h6,8-10,12,17,19-21,27H,7,11,13-16,18H2,1-5H3,(H,31,36). The number of likely N-dealkylation sites (N-methyl/N-ethyl adjacent to an activating group) is 1. The van der Waals surface area contributed by atoms with Crippen LogP contribution >= 0.6 is 11.3 Å². The molecule has 1 aliphatic rings. The molecule has 0 saturated heterocycles. The first kappa shape index (κ1) is 29.6. The highest BCUT2D eigenvalue weighted by atomic mass is 32.1. The predicted molar refractivity (Wildman–Crippen MR) is 165 cm³/mol. The minimum absolute atomic E-state index is 0.0703. The summed E-state index contributed by atoms with van der Waals surface area (Å²) >= 11 is 1.64. The average Bonchev–Trinajstić information content (AvgIpc) is 3.41. The monoisotopic (exact) mass is 580 g/mol. The quantitative estimate of drug-likeness (QED) is 0.206. The predicted octanol–water partition coefficient (Wildman–Crippen LogP) is 6.51. The van der Waals surface area contributed by atoms with Crippen molar-refractivity contribution in [3.63, 3.8) is 0 Å². The van der Waals surface area contributed by atoms with Gasteiger partial charge in [0.1, 0.15) is 11.9 Å². The number of aromatic nitrogens is 1. The molecule has 214 valence electrons. The summed E-state index contributed by atoms with van der Waals surface area (Å²) in [7, 11) is 0.801. The fourth-order valence-corrected chi connectivity index (χ4v) is 6.20. The number of fused-ring (bicyclic) bond motifs is 1. The number of aryl methyl sites for hydroxylation is 1. The van der Waals surface area contributed by atoms with Crippen molar-refractivity contribution in [1.82, 2.24) is 10.3 Å². The van der Waals surface area contributed by atoms with E-state index >= 15 is 0 Å². The summed E-state index contributed by atoms with van der Waals surface area (Å²) in [5.74, 6) is 0.618. The molecule has 10 heteroatoms. The molecule has 1 atom stereocenters. The number of carbonyl (C=O) groups excluding carboxylic acids is 2. The number of pyridine rings is 1. The summed E-state index contributed by atoms with van der Waals surface area (Å²) in [5, 5.41) is 4.89. The number of carbonyl (C=O) groups is 2. The molecule has 2 aromatic heterocycles. The lowest BCUT2D eigenvalue weighted by Crippen LogP contribution is -2.33. The van der Waals surface area contributed by atoms with Crippen molar-refractivity contribution in [3.05, 3.63) is 70.2 Å². The van der Waals surface area contributed by atoms with Crippen molar-refractivity contribution < 1.29 is 19.1 Å². The zero-order chi connectivity index (χ0) is 28.7. The van der Waals surface area contributed by atoms with E-state index in [1.807, 2.05) is 55.7 Å². The number of nitrogens with zero attached hydrogens (tertiary/aromatic N) is 3. The second-order valence-electron chi connectivity index (χ2n) is 11.4. The zero-order valence-electron chi connectivity index (χ0n) is 24.1. The molecule has 40 heavy (non-hydrogen) atoms. The SMILES string of the molecule is Cc1cc2c(cn1)C(=O)N(c1cccc(OC(CCCOC(=O)NCC[Si](C)(C)C)c3cccs3)c1)CCN2C. The number of benzene rings is 1. The number of thiophene rings is 1. The molecular weight excluding hydrogens is 541 g/mol. The number of hydrogen-bond acceptors (Lipinski definition) is 7. The first-order valence-electron chi connectivity index (χ1n) is 13.8. The molecule has 2 amide bonds. The molecule has 4 rings (SSSR count). The Kier molecular flexibility index (Phi) is 9.86. The van der Waals surface area contributed by atoms with Gasteiger partial charge in [0.15, 0.2) is 0 Å². The molecule has 0 saturated carbocycles. The van der Waals surface area contributed by atoms with E-state index < -0.39 is 8.07 Å². The molecule has 0 bridgehead atoms. The molecule has 0 aliphatic carbocycles. The maximum atomic E-state index is 13.5. The molecule has 0 fully saturated rings. The molecule has 8 nitrogen and oxygen atoms in total. The summed E-state index contributed by atoms with van der Waals surface area (Å²) in [6.45, 7) is 11.0. The Bertz CT molecular complexity index is 1300. The van der Waals surface area contributed by atoms with Crippen LogP contribution in [0.25, 0.3) is 0 Å². The molecule has 3 aromatic rings. The third-order valence-electron chi connectivity index (χ3n) is 6.82. The van der Waals surface area contributed by atoms with E-state index in [-0.39, 0.29) is 18.1 Å². The molecule has 1 unspecified atom stereocenters. The van der Waals surface area contributed by atoms with Crippen LogP contribution in [0.15, 0.2) is 54.0 Å². The number of ether oxygens (including phenoxy) is 2. The Morgan fingerprint density at radius 3 is 2.75 bits per heavy atom. The summed E-state index contributed by atoms with van der Waals surface area (Å²) in [6.07, 6.45) is 2.48. The zero-order valence-corrected chi connectivity index (χ0v) is 25.9. The largest absolute Gasteiger partial charge is 0.485 e. The van der Waals surface area contributed by atoms with Crippen molar-refractivity contribution in [2.24, 2.45) is 0 Å². The van der Waals surface area contributed by atoms with Gasteiger partial charge in [0.05, 0.1) is 17.9 Å². The van der Waals surface area contributed by atoms with Crippen LogP contribution in [-0.2, 0) is 4.74 Å². The van der Waals surface area contributed by atoms with E-state index in [0.717, 1.165) is 28.0 Å². The van der Waals surface area contributed by atoms with E-state index in [4.69, 9.17) is 9.47 Å². The van der Waals surface area contributed by atoms with Gasteiger partial charge in [-0.2, -0.15) is 0 Å². The maximum Gasteiger partial charge on any atom is 0.407 e. The Balaban J connectivity index is 1.39. The van der Waals surface area contributed by atoms with E-state index in [1.165, 1.54) is 0 Å². The van der Waals surface area contributed by atoms with Gasteiger partial charge in [-0.25, -0.2) is 4.79 Å². The number of alkyl carbamates (subject to hydrolysis) is 1. The lowest BCUT2D eigenvalue weighted by Gasteiger charge is -2.23. The van der Waals surface area contributed by atoms with Gasteiger partial charge >= 0.3 is 6.09 Å². The van der Waals surface area contributed by atoms with Gasteiger partial charge in [0, 0.05) is 63.3 Å². The Hall–Kier alpha value is -3.37. The molecular formula is C30H40N4O4SSi. The lowest BCUT2D eigenvalue weighted by molar-refractivity contribution is 0.0989. The molecule has 1 aliphatic heterocycles. The van der Waals surface area contributed by atoms with E-state index in [0.29, 0.717) is 50.4 Å².